The normalized spacial score (nSPS) is 12.0. The Morgan fingerprint density at radius 1 is 0.857 bits per heavy atom. The molecule has 4 rings (SSSR count). The lowest BCUT2D eigenvalue weighted by atomic mass is 10.1. The number of aromatic nitrogens is 4. The Bertz CT molecular complexity index is 1000. The van der Waals surface area contributed by atoms with Crippen LogP contribution in [0.4, 0.5) is 0 Å². The van der Waals surface area contributed by atoms with Crippen molar-refractivity contribution in [1.82, 2.24) is 19.7 Å². The summed E-state index contributed by atoms with van der Waals surface area (Å²) in [7, 11) is 1.69. The zero-order valence-corrected chi connectivity index (χ0v) is 15.8. The molecule has 0 saturated heterocycles. The second-order valence-electron chi connectivity index (χ2n) is 6.50. The van der Waals surface area contributed by atoms with Crippen LogP contribution in [-0.4, -0.2) is 26.9 Å². The number of ether oxygens (including phenoxy) is 1. The van der Waals surface area contributed by atoms with Crippen LogP contribution in [0.25, 0.3) is 5.82 Å². The number of benzene rings is 2. The summed E-state index contributed by atoms with van der Waals surface area (Å²) in [6, 6.07) is 26.2. The van der Waals surface area contributed by atoms with Gasteiger partial charge in [-0.1, -0.05) is 66.7 Å². The highest BCUT2D eigenvalue weighted by Crippen LogP contribution is 2.25. The van der Waals surface area contributed by atoms with E-state index in [1.54, 1.807) is 18.0 Å². The molecule has 140 valence electrons. The van der Waals surface area contributed by atoms with Crippen LogP contribution < -0.4 is 0 Å². The minimum atomic E-state index is -0.318. The molecule has 2 aromatic carbocycles. The lowest BCUT2D eigenvalue weighted by Gasteiger charge is -2.15. The van der Waals surface area contributed by atoms with Crippen molar-refractivity contribution < 1.29 is 4.74 Å². The summed E-state index contributed by atoms with van der Waals surface area (Å²) in [5.41, 5.74) is 2.30. The maximum absolute atomic E-state index is 5.81. The first-order valence-corrected chi connectivity index (χ1v) is 9.34. The second kappa shape index (κ2) is 8.59. The molecule has 4 aromatic rings. The third-order valence-electron chi connectivity index (χ3n) is 4.59. The maximum atomic E-state index is 5.81. The van der Waals surface area contributed by atoms with Gasteiger partial charge in [0.2, 0.25) is 0 Å². The van der Waals surface area contributed by atoms with Crippen LogP contribution in [-0.2, 0) is 17.6 Å². The smallest absolute Gasteiger partial charge is 0.167 e. The summed E-state index contributed by atoms with van der Waals surface area (Å²) in [6.45, 7) is 0. The van der Waals surface area contributed by atoms with Crippen LogP contribution in [0, 0.1) is 0 Å². The van der Waals surface area contributed by atoms with Gasteiger partial charge in [0.05, 0.1) is 0 Å². The molecule has 0 aliphatic carbocycles. The first-order chi connectivity index (χ1) is 13.8. The minimum Gasteiger partial charge on any atom is -0.369 e. The molecule has 0 N–H and O–H groups in total. The lowest BCUT2D eigenvalue weighted by Crippen LogP contribution is -2.12. The highest BCUT2D eigenvalue weighted by atomic mass is 16.5. The quantitative estimate of drug-likeness (QED) is 0.490. The summed E-state index contributed by atoms with van der Waals surface area (Å²) in [5, 5.41) is 4.75. The standard InChI is InChI=1S/C23H22N4O/c1-28-22(19-12-6-3-7-13-19)23-25-20(16-15-18-10-4-2-5-11-18)26-27(23)21-14-8-9-17-24-21/h2-14,17,22H,15-16H2,1H3/t22-/m1/s1. The summed E-state index contributed by atoms with van der Waals surface area (Å²) in [4.78, 5) is 9.29. The number of nitrogens with zero attached hydrogens (tertiary/aromatic N) is 4. The van der Waals surface area contributed by atoms with Crippen molar-refractivity contribution in [2.75, 3.05) is 7.11 Å². The van der Waals surface area contributed by atoms with Gasteiger partial charge in [-0.3, -0.25) is 0 Å². The van der Waals surface area contributed by atoms with Crippen molar-refractivity contribution in [3.8, 4) is 5.82 Å². The highest BCUT2D eigenvalue weighted by Gasteiger charge is 2.23. The number of aryl methyl sites for hydroxylation is 2. The van der Waals surface area contributed by atoms with Crippen LogP contribution in [0.3, 0.4) is 0 Å². The zero-order chi connectivity index (χ0) is 19.2. The molecule has 0 radical (unpaired) electrons. The van der Waals surface area contributed by atoms with Gasteiger partial charge in [-0.15, -0.1) is 5.10 Å². The largest absolute Gasteiger partial charge is 0.369 e. The molecule has 1 atom stereocenters. The molecule has 0 spiro atoms. The van der Waals surface area contributed by atoms with Gasteiger partial charge < -0.3 is 4.74 Å². The number of methoxy groups -OCH3 is 1. The third kappa shape index (κ3) is 4.00. The Hall–Kier alpha value is -3.31. The van der Waals surface area contributed by atoms with Crippen molar-refractivity contribution >= 4 is 0 Å². The van der Waals surface area contributed by atoms with Gasteiger partial charge in [-0.25, -0.2) is 9.97 Å². The van der Waals surface area contributed by atoms with Crippen LogP contribution in [0.15, 0.2) is 85.1 Å². The topological polar surface area (TPSA) is 52.8 Å². The van der Waals surface area contributed by atoms with E-state index < -0.39 is 0 Å². The molecule has 5 nitrogen and oxygen atoms in total. The molecule has 2 aromatic heterocycles. The van der Waals surface area contributed by atoms with Crippen molar-refractivity contribution in [2.45, 2.75) is 18.9 Å². The summed E-state index contributed by atoms with van der Waals surface area (Å²) >= 11 is 0. The van der Waals surface area contributed by atoms with E-state index in [1.807, 2.05) is 54.6 Å². The van der Waals surface area contributed by atoms with Crippen molar-refractivity contribution in [1.29, 1.82) is 0 Å². The number of hydrogen-bond donors (Lipinski definition) is 0. The van der Waals surface area contributed by atoms with Gasteiger partial charge >= 0.3 is 0 Å². The fourth-order valence-electron chi connectivity index (χ4n) is 3.21. The molecular formula is C23H22N4O. The van der Waals surface area contributed by atoms with E-state index in [2.05, 4.69) is 29.2 Å². The molecule has 0 aliphatic rings. The average molecular weight is 370 g/mol. The average Bonchev–Trinajstić information content (AvgIpc) is 3.19. The van der Waals surface area contributed by atoms with Crippen LogP contribution in [0.5, 0.6) is 0 Å². The first-order valence-electron chi connectivity index (χ1n) is 9.34. The van der Waals surface area contributed by atoms with Gasteiger partial charge in [0.1, 0.15) is 6.10 Å². The summed E-state index contributed by atoms with van der Waals surface area (Å²) in [6.07, 6.45) is 3.08. The second-order valence-corrected chi connectivity index (χ2v) is 6.50. The molecule has 28 heavy (non-hydrogen) atoms. The Labute approximate surface area is 164 Å². The molecule has 0 fully saturated rings. The number of hydrogen-bond acceptors (Lipinski definition) is 4. The molecule has 0 aliphatic heterocycles. The monoisotopic (exact) mass is 370 g/mol. The molecular weight excluding hydrogens is 348 g/mol. The van der Waals surface area contributed by atoms with E-state index in [-0.39, 0.29) is 6.10 Å². The lowest BCUT2D eigenvalue weighted by molar-refractivity contribution is 0.127. The SMILES string of the molecule is CO[C@H](c1ccccc1)c1nc(CCc2ccccc2)nn1-c1ccccn1. The maximum Gasteiger partial charge on any atom is 0.167 e. The van der Waals surface area contributed by atoms with E-state index in [0.29, 0.717) is 0 Å². The van der Waals surface area contributed by atoms with Crippen LogP contribution in [0.2, 0.25) is 0 Å². The summed E-state index contributed by atoms with van der Waals surface area (Å²) in [5.74, 6) is 2.24. The van der Waals surface area contributed by atoms with E-state index in [1.165, 1.54) is 5.56 Å². The Morgan fingerprint density at radius 3 is 2.25 bits per heavy atom. The molecule has 0 amide bonds. The zero-order valence-electron chi connectivity index (χ0n) is 15.8. The molecule has 5 heteroatoms. The Kier molecular flexibility index (Phi) is 5.54. The predicted molar refractivity (Wildman–Crippen MR) is 108 cm³/mol. The van der Waals surface area contributed by atoms with Crippen LogP contribution >= 0.6 is 0 Å². The van der Waals surface area contributed by atoms with Crippen molar-refractivity contribution in [2.24, 2.45) is 0 Å². The van der Waals surface area contributed by atoms with Gasteiger partial charge in [-0.05, 0) is 29.7 Å². The van der Waals surface area contributed by atoms with E-state index in [4.69, 9.17) is 14.8 Å². The minimum absolute atomic E-state index is 0.318. The van der Waals surface area contributed by atoms with Crippen LogP contribution in [0.1, 0.15) is 28.9 Å². The molecule has 2 heterocycles. The summed E-state index contributed by atoms with van der Waals surface area (Å²) < 4.78 is 7.60. The van der Waals surface area contributed by atoms with E-state index >= 15 is 0 Å². The van der Waals surface area contributed by atoms with Gasteiger partial charge in [0.15, 0.2) is 17.5 Å². The van der Waals surface area contributed by atoms with Gasteiger partial charge in [0, 0.05) is 19.7 Å². The van der Waals surface area contributed by atoms with Gasteiger partial charge in [-0.2, -0.15) is 4.68 Å². The number of pyridine rings is 1. The van der Waals surface area contributed by atoms with Crippen molar-refractivity contribution in [3.63, 3.8) is 0 Å². The number of rotatable bonds is 7. The fraction of sp³-hybridized carbons (Fsp3) is 0.174. The molecule has 0 saturated carbocycles. The predicted octanol–water partition coefficient (Wildman–Crippen LogP) is 4.18. The fourth-order valence-corrected chi connectivity index (χ4v) is 3.21. The Balaban J connectivity index is 1.70. The van der Waals surface area contributed by atoms with E-state index in [0.717, 1.165) is 35.9 Å². The molecule has 0 bridgehead atoms. The van der Waals surface area contributed by atoms with E-state index in [9.17, 15) is 0 Å². The van der Waals surface area contributed by atoms with Crippen molar-refractivity contribution in [3.05, 3.63) is 108 Å². The molecule has 0 unspecified atom stereocenters. The highest BCUT2D eigenvalue weighted by molar-refractivity contribution is 5.29. The Morgan fingerprint density at radius 2 is 1.57 bits per heavy atom. The third-order valence-corrected chi connectivity index (χ3v) is 4.59. The first kappa shape index (κ1) is 18.1. The van der Waals surface area contributed by atoms with Gasteiger partial charge in [0.25, 0.3) is 0 Å².